The third-order valence-corrected chi connectivity index (χ3v) is 4.07. The molecule has 2 aromatic rings. The average Bonchev–Trinajstić information content (AvgIpc) is 3.10. The molecule has 0 saturated carbocycles. The summed E-state index contributed by atoms with van der Waals surface area (Å²) in [6.45, 7) is 3.73. The lowest BCUT2D eigenvalue weighted by Gasteiger charge is -2.31. The lowest BCUT2D eigenvalue weighted by atomic mass is 9.97. The first-order valence-electron chi connectivity index (χ1n) is 7.70. The number of piperidine rings is 1. The van der Waals surface area contributed by atoms with Crippen LogP contribution in [-0.2, 0) is 0 Å². The summed E-state index contributed by atoms with van der Waals surface area (Å²) in [7, 11) is 0. The molecule has 1 aliphatic heterocycles. The fourth-order valence-electron chi connectivity index (χ4n) is 2.90. The molecule has 0 spiro atoms. The SMILES string of the molecule is N#Cc1ccc(OCCN2CCC[C@H](c3ncc[nH]3)C2)cc1. The maximum atomic E-state index is 8.77. The van der Waals surface area contributed by atoms with Crippen molar-refractivity contribution in [1.29, 1.82) is 5.26 Å². The number of nitrogens with zero attached hydrogens (tertiary/aromatic N) is 3. The van der Waals surface area contributed by atoms with Crippen LogP contribution in [0.4, 0.5) is 0 Å². The number of nitrogens with one attached hydrogen (secondary N) is 1. The van der Waals surface area contributed by atoms with Gasteiger partial charge in [-0.3, -0.25) is 4.90 Å². The van der Waals surface area contributed by atoms with Gasteiger partial charge in [-0.05, 0) is 43.7 Å². The number of benzene rings is 1. The molecule has 1 aromatic carbocycles. The number of aromatic amines is 1. The molecule has 22 heavy (non-hydrogen) atoms. The minimum atomic E-state index is 0.499. The predicted octanol–water partition coefficient (Wildman–Crippen LogP) is 2.54. The van der Waals surface area contributed by atoms with E-state index < -0.39 is 0 Å². The van der Waals surface area contributed by atoms with Crippen LogP contribution in [0.15, 0.2) is 36.7 Å². The molecule has 114 valence electrons. The molecule has 0 amide bonds. The van der Waals surface area contributed by atoms with Crippen molar-refractivity contribution < 1.29 is 4.74 Å². The number of hydrogen-bond donors (Lipinski definition) is 1. The molecule has 0 bridgehead atoms. The number of nitriles is 1. The third-order valence-electron chi connectivity index (χ3n) is 4.07. The van der Waals surface area contributed by atoms with E-state index in [0.29, 0.717) is 18.1 Å². The normalized spacial score (nSPS) is 18.8. The molecular weight excluding hydrogens is 276 g/mol. The molecule has 1 saturated heterocycles. The lowest BCUT2D eigenvalue weighted by Crippen LogP contribution is -2.37. The van der Waals surface area contributed by atoms with Gasteiger partial charge in [-0.25, -0.2) is 4.98 Å². The summed E-state index contributed by atoms with van der Waals surface area (Å²) in [5, 5.41) is 8.77. The lowest BCUT2D eigenvalue weighted by molar-refractivity contribution is 0.168. The Balaban J connectivity index is 1.46. The summed E-state index contributed by atoms with van der Waals surface area (Å²) < 4.78 is 5.76. The first kappa shape index (κ1) is 14.6. The second kappa shape index (κ2) is 7.10. The van der Waals surface area contributed by atoms with Gasteiger partial charge >= 0.3 is 0 Å². The first-order chi connectivity index (χ1) is 10.8. The van der Waals surface area contributed by atoms with Crippen LogP contribution in [0.1, 0.15) is 30.1 Å². The van der Waals surface area contributed by atoms with Crippen molar-refractivity contribution in [2.24, 2.45) is 0 Å². The number of hydrogen-bond acceptors (Lipinski definition) is 4. The fraction of sp³-hybridized carbons (Fsp3) is 0.412. The van der Waals surface area contributed by atoms with Gasteiger partial charge in [0.15, 0.2) is 0 Å². The van der Waals surface area contributed by atoms with E-state index in [4.69, 9.17) is 10.00 Å². The van der Waals surface area contributed by atoms with Crippen molar-refractivity contribution in [3.8, 4) is 11.8 Å². The van der Waals surface area contributed by atoms with Crippen molar-refractivity contribution in [3.05, 3.63) is 48.0 Å². The number of aromatic nitrogens is 2. The van der Waals surface area contributed by atoms with Crippen LogP contribution in [0, 0.1) is 11.3 Å². The van der Waals surface area contributed by atoms with Gasteiger partial charge < -0.3 is 9.72 Å². The molecule has 0 aliphatic carbocycles. The van der Waals surface area contributed by atoms with Crippen LogP contribution >= 0.6 is 0 Å². The number of likely N-dealkylation sites (tertiary alicyclic amines) is 1. The minimum Gasteiger partial charge on any atom is -0.492 e. The van der Waals surface area contributed by atoms with E-state index in [-0.39, 0.29) is 0 Å². The number of ether oxygens (including phenoxy) is 1. The van der Waals surface area contributed by atoms with Crippen LogP contribution in [0.2, 0.25) is 0 Å². The van der Waals surface area contributed by atoms with Crippen LogP contribution < -0.4 is 4.74 Å². The highest BCUT2D eigenvalue weighted by Gasteiger charge is 2.22. The second-order valence-corrected chi connectivity index (χ2v) is 5.60. The highest BCUT2D eigenvalue weighted by atomic mass is 16.5. The Kier molecular flexibility index (Phi) is 4.71. The Labute approximate surface area is 130 Å². The Bertz CT molecular complexity index is 615. The van der Waals surface area contributed by atoms with Gasteiger partial charge in [0.05, 0.1) is 11.6 Å². The Morgan fingerprint density at radius 3 is 2.95 bits per heavy atom. The summed E-state index contributed by atoms with van der Waals surface area (Å²) in [6.07, 6.45) is 6.10. The van der Waals surface area contributed by atoms with Crippen molar-refractivity contribution in [2.75, 3.05) is 26.2 Å². The van der Waals surface area contributed by atoms with E-state index in [9.17, 15) is 0 Å². The van der Waals surface area contributed by atoms with Crippen molar-refractivity contribution in [2.45, 2.75) is 18.8 Å². The van der Waals surface area contributed by atoms with Crippen molar-refractivity contribution in [1.82, 2.24) is 14.9 Å². The topological polar surface area (TPSA) is 64.9 Å². The summed E-state index contributed by atoms with van der Waals surface area (Å²) in [5.41, 5.74) is 0.657. The zero-order valence-electron chi connectivity index (χ0n) is 12.5. The van der Waals surface area contributed by atoms with Crippen molar-refractivity contribution in [3.63, 3.8) is 0 Å². The molecule has 1 atom stereocenters. The fourth-order valence-corrected chi connectivity index (χ4v) is 2.90. The van der Waals surface area contributed by atoms with Crippen molar-refractivity contribution >= 4 is 0 Å². The Hall–Kier alpha value is -2.32. The summed E-state index contributed by atoms with van der Waals surface area (Å²) in [5.74, 6) is 2.41. The average molecular weight is 296 g/mol. The first-order valence-corrected chi connectivity index (χ1v) is 7.70. The molecule has 1 aromatic heterocycles. The highest BCUT2D eigenvalue weighted by Crippen LogP contribution is 2.24. The van der Waals surface area contributed by atoms with Gasteiger partial charge in [-0.1, -0.05) is 0 Å². The predicted molar refractivity (Wildman–Crippen MR) is 83.7 cm³/mol. The van der Waals surface area contributed by atoms with E-state index in [2.05, 4.69) is 20.9 Å². The minimum absolute atomic E-state index is 0.499. The van der Waals surface area contributed by atoms with E-state index in [0.717, 1.165) is 31.2 Å². The molecule has 1 aliphatic rings. The third kappa shape index (κ3) is 3.66. The molecular formula is C17H20N4O. The molecule has 1 N–H and O–H groups in total. The van der Waals surface area contributed by atoms with Crippen LogP contribution in [0.3, 0.4) is 0 Å². The zero-order valence-corrected chi connectivity index (χ0v) is 12.5. The number of H-pyrrole nitrogens is 1. The quantitative estimate of drug-likeness (QED) is 0.921. The summed E-state index contributed by atoms with van der Waals surface area (Å²) in [4.78, 5) is 10.0. The van der Waals surface area contributed by atoms with E-state index in [1.807, 2.05) is 24.5 Å². The molecule has 3 rings (SSSR count). The smallest absolute Gasteiger partial charge is 0.119 e. The highest BCUT2D eigenvalue weighted by molar-refractivity contribution is 5.34. The maximum Gasteiger partial charge on any atom is 0.119 e. The summed E-state index contributed by atoms with van der Waals surface area (Å²) >= 11 is 0. The van der Waals surface area contributed by atoms with Crippen LogP contribution in [0.5, 0.6) is 5.75 Å². The molecule has 1 fully saturated rings. The maximum absolute atomic E-state index is 8.77. The summed E-state index contributed by atoms with van der Waals surface area (Å²) in [6, 6.07) is 9.36. The molecule has 0 radical (unpaired) electrons. The Morgan fingerprint density at radius 1 is 1.36 bits per heavy atom. The van der Waals surface area contributed by atoms with Gasteiger partial charge in [0, 0.05) is 31.4 Å². The van der Waals surface area contributed by atoms with Gasteiger partial charge in [0.25, 0.3) is 0 Å². The van der Waals surface area contributed by atoms with Crippen LogP contribution in [-0.4, -0.2) is 41.1 Å². The molecule has 5 heteroatoms. The monoisotopic (exact) mass is 296 g/mol. The van der Waals surface area contributed by atoms with E-state index >= 15 is 0 Å². The van der Waals surface area contributed by atoms with Crippen LogP contribution in [0.25, 0.3) is 0 Å². The molecule has 0 unspecified atom stereocenters. The Morgan fingerprint density at radius 2 is 2.23 bits per heavy atom. The number of rotatable bonds is 5. The van der Waals surface area contributed by atoms with Gasteiger partial charge in [0.1, 0.15) is 18.2 Å². The van der Waals surface area contributed by atoms with Gasteiger partial charge in [-0.2, -0.15) is 5.26 Å². The second-order valence-electron chi connectivity index (χ2n) is 5.60. The van der Waals surface area contributed by atoms with E-state index in [1.165, 1.54) is 12.8 Å². The number of imidazole rings is 1. The standard InChI is InChI=1S/C17H20N4O/c18-12-14-3-5-16(6-4-14)22-11-10-21-9-1-2-15(13-21)17-19-7-8-20-17/h3-8,15H,1-2,9-11,13H2,(H,19,20)/t15-/m0/s1. The molecule has 5 nitrogen and oxygen atoms in total. The molecule has 2 heterocycles. The zero-order chi connectivity index (χ0) is 15.2. The van der Waals surface area contributed by atoms with Gasteiger partial charge in [-0.15, -0.1) is 0 Å². The largest absolute Gasteiger partial charge is 0.492 e. The van der Waals surface area contributed by atoms with Gasteiger partial charge in [0.2, 0.25) is 0 Å². The van der Waals surface area contributed by atoms with E-state index in [1.54, 1.807) is 12.1 Å².